The van der Waals surface area contributed by atoms with E-state index in [0.29, 0.717) is 12.1 Å². The molecule has 0 saturated carbocycles. The summed E-state index contributed by atoms with van der Waals surface area (Å²) in [6, 6.07) is 0.909. The number of nitro benzene ring substituents is 2. The number of H-pyrrole nitrogens is 2. The predicted octanol–water partition coefficient (Wildman–Crippen LogP) is -1.64. The Labute approximate surface area is 141 Å². The van der Waals surface area contributed by atoms with E-state index >= 15 is 0 Å². The minimum Gasteiger partial charge on any atom is -0.867 e. The minimum absolute atomic E-state index is 0. The number of nitrogens with one attached hydrogen (secondary N) is 2. The molecular weight excluding hydrogens is 365 g/mol. The lowest BCUT2D eigenvalue weighted by molar-refractivity contribution is -0.404. The summed E-state index contributed by atoms with van der Waals surface area (Å²) in [6.45, 7) is 0. The number of carboxylic acids is 1. The van der Waals surface area contributed by atoms with Gasteiger partial charge in [0.15, 0.2) is 0 Å². The van der Waals surface area contributed by atoms with E-state index < -0.39 is 50.0 Å². The average Bonchev–Trinajstić information content (AvgIpc) is 2.51. The van der Waals surface area contributed by atoms with Crippen molar-refractivity contribution < 1.29 is 39.7 Å². The molecule has 1 aromatic carbocycles. The smallest absolute Gasteiger partial charge is 0.495 e. The molecule has 1 heterocycles. The molecule has 0 amide bonds. The first-order valence-electron chi connectivity index (χ1n) is 5.97. The summed E-state index contributed by atoms with van der Waals surface area (Å²) in [7, 11) is 0. The fourth-order valence-electron chi connectivity index (χ4n) is 1.42. The van der Waals surface area contributed by atoms with E-state index in [9.17, 15) is 39.3 Å². The van der Waals surface area contributed by atoms with E-state index in [4.69, 9.17) is 10.8 Å². The van der Waals surface area contributed by atoms with Gasteiger partial charge in [-0.2, -0.15) is 14.2 Å². The van der Waals surface area contributed by atoms with Gasteiger partial charge < -0.3 is 21.4 Å². The van der Waals surface area contributed by atoms with Crippen molar-refractivity contribution in [2.24, 2.45) is 0 Å². The van der Waals surface area contributed by atoms with Crippen molar-refractivity contribution in [2.75, 3.05) is 5.73 Å². The zero-order chi connectivity index (χ0) is 19.3. The van der Waals surface area contributed by atoms with E-state index in [-0.39, 0.29) is 11.3 Å². The Morgan fingerprint density at radius 3 is 2.23 bits per heavy atom. The van der Waals surface area contributed by atoms with Gasteiger partial charge in [-0.25, -0.2) is 9.78 Å². The van der Waals surface area contributed by atoms with E-state index in [1.165, 1.54) is 0 Å². The van der Waals surface area contributed by atoms with Gasteiger partial charge in [0.05, 0.1) is 21.5 Å². The first-order chi connectivity index (χ1) is 11.5. The third kappa shape index (κ3) is 5.20. The molecular formula is C11H10FN5O9. The van der Waals surface area contributed by atoms with Gasteiger partial charge in [0.25, 0.3) is 11.4 Å². The van der Waals surface area contributed by atoms with Gasteiger partial charge in [-0.15, -0.1) is 0 Å². The average molecular weight is 375 g/mol. The maximum Gasteiger partial charge on any atom is 0.495 e. The number of carbonyl (C=O) groups is 1. The molecule has 140 valence electrons. The van der Waals surface area contributed by atoms with Crippen molar-refractivity contribution in [1.29, 1.82) is 0 Å². The van der Waals surface area contributed by atoms with Crippen molar-refractivity contribution >= 4 is 23.2 Å². The summed E-state index contributed by atoms with van der Waals surface area (Å²) in [4.78, 5) is 43.4. The Bertz CT molecular complexity index is 878. The van der Waals surface area contributed by atoms with Crippen LogP contribution in [0, 0.1) is 26.0 Å². The Morgan fingerprint density at radius 2 is 1.85 bits per heavy atom. The van der Waals surface area contributed by atoms with E-state index in [2.05, 4.69) is 4.98 Å². The number of nitro groups is 2. The number of rotatable bonds is 3. The zero-order valence-corrected chi connectivity index (χ0v) is 12.4. The van der Waals surface area contributed by atoms with Crippen molar-refractivity contribution in [2.45, 2.75) is 0 Å². The van der Waals surface area contributed by atoms with Crippen LogP contribution in [0.15, 0.2) is 23.1 Å². The molecule has 0 spiro atoms. The van der Waals surface area contributed by atoms with Crippen LogP contribution in [0.5, 0.6) is 5.75 Å². The summed E-state index contributed by atoms with van der Waals surface area (Å²) in [5, 5.41) is 40.4. The number of anilines is 1. The number of nitrogens with two attached hydrogens (primary N) is 1. The molecule has 0 unspecified atom stereocenters. The van der Waals surface area contributed by atoms with Gasteiger partial charge in [-0.3, -0.25) is 20.2 Å². The van der Waals surface area contributed by atoms with Crippen LogP contribution in [0.25, 0.3) is 0 Å². The van der Waals surface area contributed by atoms with Crippen LogP contribution in [-0.2, 0) is 0 Å². The van der Waals surface area contributed by atoms with Gasteiger partial charge in [0.2, 0.25) is 11.6 Å². The van der Waals surface area contributed by atoms with Crippen molar-refractivity contribution in [1.82, 2.24) is 4.98 Å². The molecule has 15 heteroatoms. The first kappa shape index (κ1) is 21.9. The molecule has 0 radical (unpaired) electrons. The minimum atomic E-state index is -1.75. The monoisotopic (exact) mass is 375 g/mol. The molecule has 14 nitrogen and oxygen atoms in total. The molecule has 2 rings (SSSR count). The lowest BCUT2D eigenvalue weighted by Crippen LogP contribution is -2.30. The quantitative estimate of drug-likeness (QED) is 0.410. The second kappa shape index (κ2) is 8.64. The summed E-state index contributed by atoms with van der Waals surface area (Å²) < 4.78 is 12.2. The molecule has 0 bridgehead atoms. The highest BCUT2D eigenvalue weighted by molar-refractivity contribution is 5.93. The first-order valence-corrected chi connectivity index (χ1v) is 5.97. The van der Waals surface area contributed by atoms with Crippen LogP contribution in [0.2, 0.25) is 0 Å². The van der Waals surface area contributed by atoms with Gasteiger partial charge in [-0.1, -0.05) is 0 Å². The van der Waals surface area contributed by atoms with E-state index in [1.807, 2.05) is 4.98 Å². The molecule has 0 atom stereocenters. The number of carboxylic acid groups (broad SMARTS) is 1. The van der Waals surface area contributed by atoms with Gasteiger partial charge >= 0.3 is 11.7 Å². The molecule has 0 saturated heterocycles. The van der Waals surface area contributed by atoms with Crippen LogP contribution in [0.4, 0.5) is 21.6 Å². The largest absolute Gasteiger partial charge is 0.867 e. The van der Waals surface area contributed by atoms with Crippen molar-refractivity contribution in [3.05, 3.63) is 60.4 Å². The number of nitrogen functional groups attached to an aromatic ring is 1. The van der Waals surface area contributed by atoms with Gasteiger partial charge in [-0.05, 0) is 5.75 Å². The number of halogens is 1. The number of hydrogen-bond donors (Lipinski definition) is 3. The van der Waals surface area contributed by atoms with Gasteiger partial charge in [0, 0.05) is 6.07 Å². The zero-order valence-electron chi connectivity index (χ0n) is 12.4. The number of aromatic carboxylic acids is 1. The molecule has 0 aliphatic carbocycles. The highest BCUT2D eigenvalue weighted by Crippen LogP contribution is 2.31. The van der Waals surface area contributed by atoms with Crippen LogP contribution in [0.1, 0.15) is 10.4 Å². The molecule has 7 N–H and O–H groups in total. The normalized spacial score (nSPS) is 9.27. The third-order valence-corrected chi connectivity index (χ3v) is 2.53. The summed E-state index contributed by atoms with van der Waals surface area (Å²) in [5.41, 5.74) is 1.50. The van der Waals surface area contributed by atoms with Crippen LogP contribution in [0.3, 0.4) is 0 Å². The number of nitrogens with zero attached hydrogens (tertiary/aromatic N) is 2. The molecule has 26 heavy (non-hydrogen) atoms. The van der Waals surface area contributed by atoms with Crippen LogP contribution in [-0.4, -0.2) is 31.4 Å². The SMILES string of the molecule is Nc1[nH]c(=O)[nH+]cc1F.O.O=C(O)c1cc([N+](=O)[O-])cc([N+](=O)[O-])c1[O-]. The Hall–Kier alpha value is -4.14. The van der Waals surface area contributed by atoms with Gasteiger partial charge in [0.1, 0.15) is 6.20 Å². The van der Waals surface area contributed by atoms with Crippen LogP contribution < -0.4 is 21.5 Å². The van der Waals surface area contributed by atoms with E-state index in [0.717, 1.165) is 6.20 Å². The number of benzene rings is 1. The predicted molar refractivity (Wildman–Crippen MR) is 77.8 cm³/mol. The standard InChI is InChI=1S/C7H4N2O7.C4H4FN3O.H2O/c10-6-4(7(11)12)1-3(8(13)14)2-5(6)9(15)16;5-2-1-7-4(9)8-3(2)6;/h1-2,10H,(H,11,12);1H,(H3,6,7,8,9);1H2. The molecule has 0 fully saturated rings. The lowest BCUT2D eigenvalue weighted by atomic mass is 10.1. The van der Waals surface area contributed by atoms with Crippen LogP contribution >= 0.6 is 0 Å². The maximum absolute atomic E-state index is 12.2. The van der Waals surface area contributed by atoms with Crippen molar-refractivity contribution in [3.63, 3.8) is 0 Å². The summed E-state index contributed by atoms with van der Waals surface area (Å²) in [6.07, 6.45) is 0.897. The molecule has 0 aliphatic rings. The topological polar surface area (TPSA) is 251 Å². The third-order valence-electron chi connectivity index (χ3n) is 2.53. The second-order valence-electron chi connectivity index (χ2n) is 4.17. The second-order valence-corrected chi connectivity index (χ2v) is 4.17. The lowest BCUT2D eigenvalue weighted by Gasteiger charge is -2.09. The fraction of sp³-hybridized carbons (Fsp3) is 0. The molecule has 0 aliphatic heterocycles. The summed E-state index contributed by atoms with van der Waals surface area (Å²) in [5.74, 6) is -4.02. The molecule has 2 aromatic rings. The number of aromatic nitrogens is 2. The maximum atomic E-state index is 12.2. The number of hydrogen-bond acceptors (Lipinski definition) is 8. The Balaban J connectivity index is 0.000000532. The summed E-state index contributed by atoms with van der Waals surface area (Å²) >= 11 is 0. The Kier molecular flexibility index (Phi) is 7.26. The fourth-order valence-corrected chi connectivity index (χ4v) is 1.42. The highest BCUT2D eigenvalue weighted by Gasteiger charge is 2.21. The Morgan fingerprint density at radius 1 is 1.27 bits per heavy atom. The van der Waals surface area contributed by atoms with E-state index in [1.54, 1.807) is 0 Å². The highest BCUT2D eigenvalue weighted by atomic mass is 19.1. The number of aromatic amines is 2. The van der Waals surface area contributed by atoms with Crippen molar-refractivity contribution in [3.8, 4) is 5.75 Å². The molecule has 1 aromatic heterocycles. The number of non-ortho nitro benzene ring substituents is 1.